The zero-order valence-corrected chi connectivity index (χ0v) is 23.2. The second-order valence-corrected chi connectivity index (χ2v) is 10.2. The van der Waals surface area contributed by atoms with Crippen LogP contribution >= 0.6 is 28.1 Å². The molecule has 0 atom stereocenters. The predicted octanol–water partition coefficient (Wildman–Crippen LogP) is 3.54. The van der Waals surface area contributed by atoms with Crippen LogP contribution in [0.5, 0.6) is 0 Å². The summed E-state index contributed by atoms with van der Waals surface area (Å²) in [6, 6.07) is 0. The minimum atomic E-state index is 0.564. The Morgan fingerprint density at radius 2 is 2.03 bits per heavy atom. The van der Waals surface area contributed by atoms with Crippen LogP contribution < -0.4 is 11.1 Å². The van der Waals surface area contributed by atoms with E-state index in [9.17, 15) is 0 Å². The van der Waals surface area contributed by atoms with E-state index in [4.69, 9.17) is 22.7 Å². The highest BCUT2D eigenvalue weighted by molar-refractivity contribution is 9.12. The zero-order chi connectivity index (χ0) is 24.9. The molecule has 35 heavy (non-hydrogen) atoms. The molecule has 3 N–H and O–H groups in total. The van der Waals surface area contributed by atoms with Crippen LogP contribution in [-0.4, -0.2) is 89.2 Å². The first-order chi connectivity index (χ1) is 17.1. The van der Waals surface area contributed by atoms with Gasteiger partial charge in [-0.1, -0.05) is 18.6 Å². The van der Waals surface area contributed by atoms with Gasteiger partial charge in [-0.05, 0) is 55.0 Å². The first kappa shape index (κ1) is 27.8. The van der Waals surface area contributed by atoms with Gasteiger partial charge in [0.2, 0.25) is 0 Å². The summed E-state index contributed by atoms with van der Waals surface area (Å²) in [6.45, 7) is 10.3. The van der Waals surface area contributed by atoms with Crippen LogP contribution in [0.25, 0.3) is 0 Å². The van der Waals surface area contributed by atoms with E-state index in [0.717, 1.165) is 92.6 Å². The summed E-state index contributed by atoms with van der Waals surface area (Å²) in [5.74, 6) is 0.564. The lowest BCUT2D eigenvalue weighted by Crippen LogP contribution is -2.37. The smallest absolute Gasteiger partial charge is 0.164 e. The zero-order valence-electron chi connectivity index (χ0n) is 20.8. The summed E-state index contributed by atoms with van der Waals surface area (Å²) in [5.41, 5.74) is 7.47. The van der Waals surface area contributed by atoms with Crippen LogP contribution in [0.3, 0.4) is 0 Å². The molecule has 0 radical (unpaired) electrons. The Hall–Kier alpha value is -1.82. The normalized spacial score (nSPS) is 18.9. The molecule has 0 bridgehead atoms. The Morgan fingerprint density at radius 1 is 1.20 bits per heavy atom. The van der Waals surface area contributed by atoms with Crippen LogP contribution in [0.15, 0.2) is 26.9 Å². The number of morpholine rings is 1. The van der Waals surface area contributed by atoms with E-state index in [0.29, 0.717) is 12.4 Å². The minimum Gasteiger partial charge on any atom is -0.390 e. The number of likely N-dealkylation sites (tertiary alicyclic amines) is 1. The van der Waals surface area contributed by atoms with Crippen molar-refractivity contribution >= 4 is 51.0 Å². The number of anilines is 1. The van der Waals surface area contributed by atoms with Gasteiger partial charge in [-0.25, -0.2) is 4.99 Å². The average Bonchev–Trinajstić information content (AvgIpc) is 3.08. The Labute approximate surface area is 223 Å². The Balaban J connectivity index is 1.48. The molecule has 0 aliphatic carbocycles. The Kier molecular flexibility index (Phi) is 12.2. The van der Waals surface area contributed by atoms with Gasteiger partial charge in [-0.3, -0.25) is 14.6 Å². The van der Waals surface area contributed by atoms with Gasteiger partial charge in [0, 0.05) is 58.2 Å². The summed E-state index contributed by atoms with van der Waals surface area (Å²) in [7, 11) is 0. The van der Waals surface area contributed by atoms with E-state index in [1.54, 1.807) is 0 Å². The fourth-order valence-corrected chi connectivity index (χ4v) is 4.90. The molecule has 9 nitrogen and oxygen atoms in total. The van der Waals surface area contributed by atoms with Crippen LogP contribution in [-0.2, 0) is 11.3 Å². The molecule has 0 amide bonds. The number of aromatic nitrogens is 2. The van der Waals surface area contributed by atoms with Crippen molar-refractivity contribution in [2.45, 2.75) is 52.0 Å². The quantitative estimate of drug-likeness (QED) is 0.183. The molecule has 194 valence electrons. The summed E-state index contributed by atoms with van der Waals surface area (Å²) in [4.78, 5) is 14.8. The third-order valence-corrected chi connectivity index (χ3v) is 7.24. The maximum Gasteiger partial charge on any atom is 0.164 e. The molecule has 0 spiro atoms. The number of hydrogen-bond donors (Lipinski definition) is 2. The number of hydrogen-bond acceptors (Lipinski definition) is 6. The van der Waals surface area contributed by atoms with Crippen molar-refractivity contribution < 1.29 is 4.74 Å². The van der Waals surface area contributed by atoms with Crippen molar-refractivity contribution in [3.05, 3.63) is 22.6 Å². The van der Waals surface area contributed by atoms with Crippen molar-refractivity contribution in [2.24, 2.45) is 15.7 Å². The topological polar surface area (TPSA) is 96.3 Å². The van der Waals surface area contributed by atoms with Crippen LogP contribution in [0.1, 0.15) is 44.2 Å². The molecular weight excluding hydrogens is 528 g/mol. The number of ether oxygens (including phenoxy) is 1. The van der Waals surface area contributed by atoms with Crippen molar-refractivity contribution in [3.8, 4) is 0 Å². The molecule has 0 unspecified atom stereocenters. The van der Waals surface area contributed by atoms with Crippen molar-refractivity contribution in [1.82, 2.24) is 19.6 Å². The molecule has 1 aromatic heterocycles. The van der Waals surface area contributed by atoms with Crippen molar-refractivity contribution in [3.63, 3.8) is 0 Å². The molecule has 2 fully saturated rings. The van der Waals surface area contributed by atoms with Crippen LogP contribution in [0, 0.1) is 6.92 Å². The van der Waals surface area contributed by atoms with E-state index >= 15 is 0 Å². The predicted molar refractivity (Wildman–Crippen MR) is 152 cm³/mol. The van der Waals surface area contributed by atoms with Crippen molar-refractivity contribution in [1.29, 1.82) is 0 Å². The highest BCUT2D eigenvalue weighted by atomic mass is 79.9. The number of thiocarbonyl (C=S) groups is 1. The van der Waals surface area contributed by atoms with E-state index in [1.807, 2.05) is 24.0 Å². The molecule has 11 heteroatoms. The second-order valence-electron chi connectivity index (χ2n) is 8.86. The summed E-state index contributed by atoms with van der Waals surface area (Å²) >= 11 is 9.15. The van der Waals surface area contributed by atoms with Gasteiger partial charge < -0.3 is 20.7 Å². The van der Waals surface area contributed by atoms with Gasteiger partial charge in [-0.2, -0.15) is 5.10 Å². The maximum atomic E-state index is 5.57. The maximum absolute atomic E-state index is 5.57. The first-order valence-electron chi connectivity index (χ1n) is 12.6. The third-order valence-electron chi connectivity index (χ3n) is 6.20. The highest BCUT2D eigenvalue weighted by Crippen LogP contribution is 2.17. The van der Waals surface area contributed by atoms with Gasteiger partial charge in [0.1, 0.15) is 0 Å². The lowest BCUT2D eigenvalue weighted by atomic mass is 10.2. The van der Waals surface area contributed by atoms with Crippen LogP contribution in [0.4, 0.5) is 5.69 Å². The lowest BCUT2D eigenvalue weighted by Gasteiger charge is -2.26. The van der Waals surface area contributed by atoms with E-state index in [1.165, 1.54) is 25.6 Å². The second kappa shape index (κ2) is 15.3. The van der Waals surface area contributed by atoms with Crippen LogP contribution in [0.2, 0.25) is 0 Å². The number of aliphatic imine (C=N–C) groups is 2. The molecule has 2 aliphatic rings. The van der Waals surface area contributed by atoms with Gasteiger partial charge in [0.05, 0.1) is 40.4 Å². The van der Waals surface area contributed by atoms with E-state index in [-0.39, 0.29) is 0 Å². The molecule has 2 saturated heterocycles. The number of nitrogens with one attached hydrogen (secondary N) is 1. The molecule has 2 aliphatic heterocycles. The Morgan fingerprint density at radius 3 is 2.83 bits per heavy atom. The lowest BCUT2D eigenvalue weighted by molar-refractivity contribution is 0.0368. The van der Waals surface area contributed by atoms with Gasteiger partial charge in [0.25, 0.3) is 0 Å². The summed E-state index contributed by atoms with van der Waals surface area (Å²) in [5, 5.41) is 7.97. The molecule has 0 saturated carbocycles. The van der Waals surface area contributed by atoms with Gasteiger partial charge >= 0.3 is 0 Å². The molecule has 3 heterocycles. The first-order valence-corrected chi connectivity index (χ1v) is 13.8. The summed E-state index contributed by atoms with van der Waals surface area (Å²) < 4.78 is 8.15. The summed E-state index contributed by atoms with van der Waals surface area (Å²) in [6.07, 6.45) is 11.9. The fourth-order valence-electron chi connectivity index (χ4n) is 4.23. The molecule has 0 aromatic carbocycles. The highest BCUT2D eigenvalue weighted by Gasteiger charge is 2.13. The standard InChI is InChI=1S/C24H39BrN8OS/c1-20-22(18-33(30-20)12-6-9-31-13-15-34-16-14-31)28-17-21(25)24(29-19-26)27-8-5-11-32-10-4-2-3-7-23(32)35/h17-19,28H,2-16H2,1H3,(H2,26,27,29). The van der Waals surface area contributed by atoms with Crippen molar-refractivity contribution in [2.75, 3.05) is 57.8 Å². The third kappa shape index (κ3) is 9.63. The van der Waals surface area contributed by atoms with Gasteiger partial charge in [0.15, 0.2) is 5.84 Å². The number of nitrogens with zero attached hydrogens (tertiary/aromatic N) is 6. The number of aryl methyl sites for hydroxylation is 2. The number of amidine groups is 1. The Bertz CT molecular complexity index is 894. The average molecular weight is 568 g/mol. The largest absolute Gasteiger partial charge is 0.390 e. The SMILES string of the molecule is Cc1nn(CCCN2CCOCC2)cc1NC=C(Br)C(N=CN)=NCCCN1CCCCCC1=S. The molecule has 3 rings (SSSR count). The number of nitrogens with two attached hydrogens (primary N) is 1. The minimum absolute atomic E-state index is 0.564. The van der Waals surface area contributed by atoms with E-state index < -0.39 is 0 Å². The number of rotatable bonds is 11. The number of halogens is 1. The van der Waals surface area contributed by atoms with E-state index in [2.05, 4.69) is 46.1 Å². The fraction of sp³-hybridized carbons (Fsp3) is 0.667. The monoisotopic (exact) mass is 566 g/mol. The molecular formula is C24H39BrN8OS. The molecule has 1 aromatic rings. The van der Waals surface area contributed by atoms with Gasteiger partial charge in [-0.15, -0.1) is 0 Å².